The van der Waals surface area contributed by atoms with Gasteiger partial charge in [-0.2, -0.15) is 0 Å². The van der Waals surface area contributed by atoms with Gasteiger partial charge in [0.15, 0.2) is 5.78 Å². The standard InChI is InChI=1S/C4H8N2O2/c5-6-3-4(7)1-2-8-6/h1-3,5H2. The number of nitrogens with two attached hydrogens (primary N) is 1. The van der Waals surface area contributed by atoms with Crippen molar-refractivity contribution in [2.75, 3.05) is 13.2 Å². The first-order chi connectivity index (χ1) is 3.79. The van der Waals surface area contributed by atoms with Crippen molar-refractivity contribution in [3.05, 3.63) is 0 Å². The molecule has 0 aliphatic carbocycles. The average molecular weight is 116 g/mol. The summed E-state index contributed by atoms with van der Waals surface area (Å²) < 4.78 is 0. The van der Waals surface area contributed by atoms with E-state index in [4.69, 9.17) is 10.7 Å². The van der Waals surface area contributed by atoms with Crippen LogP contribution in [-0.2, 0) is 9.63 Å². The molecule has 0 spiro atoms. The molecule has 1 aliphatic heterocycles. The van der Waals surface area contributed by atoms with Crippen molar-refractivity contribution >= 4 is 5.78 Å². The van der Waals surface area contributed by atoms with Crippen molar-refractivity contribution in [3.8, 4) is 0 Å². The van der Waals surface area contributed by atoms with E-state index in [-0.39, 0.29) is 12.3 Å². The van der Waals surface area contributed by atoms with Gasteiger partial charge in [-0.25, -0.2) is 5.84 Å². The molecule has 0 unspecified atom stereocenters. The Bertz CT molecular complexity index is 104. The first-order valence-electron chi connectivity index (χ1n) is 2.46. The summed E-state index contributed by atoms with van der Waals surface area (Å²) in [5.41, 5.74) is 0. The van der Waals surface area contributed by atoms with Crippen LogP contribution >= 0.6 is 0 Å². The molecule has 0 atom stereocenters. The lowest BCUT2D eigenvalue weighted by Gasteiger charge is -2.19. The van der Waals surface area contributed by atoms with Crippen molar-refractivity contribution in [3.63, 3.8) is 0 Å². The lowest BCUT2D eigenvalue weighted by Crippen LogP contribution is -2.40. The van der Waals surface area contributed by atoms with Crippen LogP contribution in [0.15, 0.2) is 0 Å². The van der Waals surface area contributed by atoms with E-state index in [0.717, 1.165) is 5.17 Å². The third-order valence-electron chi connectivity index (χ3n) is 0.970. The summed E-state index contributed by atoms with van der Waals surface area (Å²) in [5, 5.41) is 1.06. The van der Waals surface area contributed by atoms with E-state index < -0.39 is 0 Å². The molecular formula is C4H8N2O2. The number of hydrogen-bond donors (Lipinski definition) is 1. The topological polar surface area (TPSA) is 55.6 Å². The highest BCUT2D eigenvalue weighted by Crippen LogP contribution is 1.95. The third-order valence-corrected chi connectivity index (χ3v) is 0.970. The van der Waals surface area contributed by atoms with E-state index in [0.29, 0.717) is 13.0 Å². The largest absolute Gasteiger partial charge is 0.298 e. The van der Waals surface area contributed by atoms with Gasteiger partial charge in [-0.3, -0.25) is 9.63 Å². The second-order valence-electron chi connectivity index (χ2n) is 1.70. The Balaban J connectivity index is 2.34. The average Bonchev–Trinajstić information content (AvgIpc) is 1.64. The normalized spacial score (nSPS) is 23.9. The van der Waals surface area contributed by atoms with Gasteiger partial charge in [0.25, 0.3) is 0 Å². The summed E-state index contributed by atoms with van der Waals surface area (Å²) in [4.78, 5) is 15.2. The number of rotatable bonds is 0. The SMILES string of the molecule is NN1CC(=O)CCO1. The maximum Gasteiger partial charge on any atom is 0.153 e. The van der Waals surface area contributed by atoms with E-state index in [9.17, 15) is 4.79 Å². The number of hydrogen-bond acceptors (Lipinski definition) is 4. The maximum atomic E-state index is 10.5. The number of ketones is 1. The minimum Gasteiger partial charge on any atom is -0.298 e. The third kappa shape index (κ3) is 1.26. The van der Waals surface area contributed by atoms with Crippen LogP contribution in [-0.4, -0.2) is 24.1 Å². The molecule has 4 heteroatoms. The predicted molar refractivity (Wildman–Crippen MR) is 26.5 cm³/mol. The van der Waals surface area contributed by atoms with Gasteiger partial charge in [0, 0.05) is 6.42 Å². The lowest BCUT2D eigenvalue weighted by atomic mass is 10.3. The zero-order valence-electron chi connectivity index (χ0n) is 4.46. The van der Waals surface area contributed by atoms with Crippen LogP contribution in [0.25, 0.3) is 0 Å². The van der Waals surface area contributed by atoms with Gasteiger partial charge in [-0.1, -0.05) is 0 Å². The molecule has 2 N–H and O–H groups in total. The Morgan fingerprint density at radius 2 is 2.50 bits per heavy atom. The van der Waals surface area contributed by atoms with E-state index in [1.54, 1.807) is 0 Å². The fraction of sp³-hybridized carbons (Fsp3) is 0.750. The quantitative estimate of drug-likeness (QED) is 0.415. The molecule has 0 bridgehead atoms. The molecule has 0 aromatic carbocycles. The monoisotopic (exact) mass is 116 g/mol. The molecule has 1 fully saturated rings. The van der Waals surface area contributed by atoms with Crippen molar-refractivity contribution < 1.29 is 9.63 Å². The van der Waals surface area contributed by atoms with Crippen molar-refractivity contribution in [2.45, 2.75) is 6.42 Å². The van der Waals surface area contributed by atoms with Crippen LogP contribution in [0.2, 0.25) is 0 Å². The lowest BCUT2D eigenvalue weighted by molar-refractivity contribution is -0.186. The Kier molecular flexibility index (Phi) is 1.57. The fourth-order valence-corrected chi connectivity index (χ4v) is 0.575. The molecule has 0 aromatic heterocycles. The van der Waals surface area contributed by atoms with Gasteiger partial charge in [0.2, 0.25) is 0 Å². The summed E-state index contributed by atoms with van der Waals surface area (Å²) in [6.07, 6.45) is 0.494. The Morgan fingerprint density at radius 1 is 1.75 bits per heavy atom. The number of hydrazine groups is 1. The van der Waals surface area contributed by atoms with Crippen LogP contribution < -0.4 is 5.84 Å². The molecule has 1 rings (SSSR count). The molecule has 0 aromatic rings. The fourth-order valence-electron chi connectivity index (χ4n) is 0.575. The minimum atomic E-state index is 0.138. The van der Waals surface area contributed by atoms with E-state index in [1.807, 2.05) is 0 Å². The maximum absolute atomic E-state index is 10.5. The highest BCUT2D eigenvalue weighted by molar-refractivity contribution is 5.80. The molecule has 1 aliphatic rings. The molecule has 4 nitrogen and oxygen atoms in total. The van der Waals surface area contributed by atoms with Crippen molar-refractivity contribution in [2.24, 2.45) is 5.84 Å². The minimum absolute atomic E-state index is 0.138. The number of nitrogens with zero attached hydrogens (tertiary/aromatic N) is 1. The van der Waals surface area contributed by atoms with Crippen LogP contribution in [0.5, 0.6) is 0 Å². The molecule has 1 saturated heterocycles. The summed E-state index contributed by atoms with van der Waals surface area (Å²) >= 11 is 0. The zero-order chi connectivity index (χ0) is 5.98. The second-order valence-corrected chi connectivity index (χ2v) is 1.70. The van der Waals surface area contributed by atoms with Gasteiger partial charge in [0.05, 0.1) is 13.2 Å². The van der Waals surface area contributed by atoms with Crippen LogP contribution in [0.3, 0.4) is 0 Å². The number of Topliss-reactive ketones (excluding diaryl/α,β-unsaturated/α-hetero) is 1. The zero-order valence-corrected chi connectivity index (χ0v) is 4.46. The second kappa shape index (κ2) is 2.21. The van der Waals surface area contributed by atoms with Gasteiger partial charge >= 0.3 is 0 Å². The summed E-state index contributed by atoms with van der Waals surface area (Å²) in [6, 6.07) is 0. The predicted octanol–water partition coefficient (Wildman–Crippen LogP) is -0.933. The Labute approximate surface area is 47.1 Å². The Morgan fingerprint density at radius 3 is 2.88 bits per heavy atom. The van der Waals surface area contributed by atoms with Crippen LogP contribution in [0.1, 0.15) is 6.42 Å². The smallest absolute Gasteiger partial charge is 0.153 e. The summed E-state index contributed by atoms with van der Waals surface area (Å²) in [7, 11) is 0. The Hall–Kier alpha value is -0.450. The molecule has 1 heterocycles. The van der Waals surface area contributed by atoms with Crippen LogP contribution in [0.4, 0.5) is 0 Å². The first kappa shape index (κ1) is 5.68. The molecule has 46 valence electrons. The highest BCUT2D eigenvalue weighted by atomic mass is 16.7. The van der Waals surface area contributed by atoms with E-state index in [2.05, 4.69) is 0 Å². The summed E-state index contributed by atoms with van der Waals surface area (Å²) in [5.74, 6) is 5.25. The van der Waals surface area contributed by atoms with E-state index in [1.165, 1.54) is 0 Å². The molecule has 0 amide bonds. The number of carbonyl (C=O) groups excluding carboxylic acids is 1. The molecule has 8 heavy (non-hydrogen) atoms. The molecule has 0 radical (unpaired) electrons. The highest BCUT2D eigenvalue weighted by Gasteiger charge is 2.13. The van der Waals surface area contributed by atoms with Gasteiger partial charge in [0.1, 0.15) is 0 Å². The van der Waals surface area contributed by atoms with E-state index >= 15 is 0 Å². The van der Waals surface area contributed by atoms with Gasteiger partial charge in [-0.15, -0.1) is 5.17 Å². The van der Waals surface area contributed by atoms with Crippen molar-refractivity contribution in [1.29, 1.82) is 0 Å². The van der Waals surface area contributed by atoms with Crippen molar-refractivity contribution in [1.82, 2.24) is 5.17 Å². The molecule has 0 saturated carbocycles. The van der Waals surface area contributed by atoms with Gasteiger partial charge in [-0.05, 0) is 0 Å². The molecular weight excluding hydrogens is 108 g/mol. The first-order valence-corrected chi connectivity index (χ1v) is 2.46. The number of hydroxylamine groups is 1. The van der Waals surface area contributed by atoms with Crippen LogP contribution in [0, 0.1) is 0 Å². The summed E-state index contributed by atoms with van der Waals surface area (Å²) in [6.45, 7) is 0.648. The van der Waals surface area contributed by atoms with Gasteiger partial charge < -0.3 is 0 Å². The number of carbonyl (C=O) groups is 1.